The maximum Gasteiger partial charge on any atom is 0.319 e. The molecule has 0 aliphatic carbocycles. The summed E-state index contributed by atoms with van der Waals surface area (Å²) in [6.07, 6.45) is 5.08. The average Bonchev–Trinajstić information content (AvgIpc) is 3.42. The number of hydrogen-bond donors (Lipinski definition) is 0. The smallest absolute Gasteiger partial charge is 0.319 e. The van der Waals surface area contributed by atoms with E-state index in [4.69, 9.17) is 26.1 Å². The summed E-state index contributed by atoms with van der Waals surface area (Å²) in [6, 6.07) is 11.6. The summed E-state index contributed by atoms with van der Waals surface area (Å²) in [6.45, 7) is 7.29. The molecule has 1 atom stereocenters. The highest BCUT2D eigenvalue weighted by Gasteiger charge is 2.50. The maximum atomic E-state index is 16.6. The number of ether oxygens (including phenoxy) is 2. The van der Waals surface area contributed by atoms with Gasteiger partial charge in [-0.3, -0.25) is 9.78 Å². The van der Waals surface area contributed by atoms with Gasteiger partial charge >= 0.3 is 6.01 Å². The van der Waals surface area contributed by atoms with E-state index in [2.05, 4.69) is 33.4 Å². The Morgan fingerprint density at radius 3 is 2.74 bits per heavy atom. The molecule has 3 aliphatic heterocycles. The molecule has 2 aromatic carbocycles. The van der Waals surface area contributed by atoms with Crippen LogP contribution < -0.4 is 9.64 Å². The molecule has 3 fully saturated rings. The van der Waals surface area contributed by atoms with Crippen LogP contribution in [-0.2, 0) is 9.53 Å². The van der Waals surface area contributed by atoms with E-state index < -0.39 is 11.4 Å². The summed E-state index contributed by atoms with van der Waals surface area (Å²) in [5.74, 6) is -0.185. The molecule has 43 heavy (non-hydrogen) atoms. The van der Waals surface area contributed by atoms with Crippen molar-refractivity contribution in [1.29, 1.82) is 0 Å². The van der Waals surface area contributed by atoms with E-state index in [0.29, 0.717) is 61.2 Å². The first-order chi connectivity index (χ1) is 20.9. The van der Waals surface area contributed by atoms with Crippen LogP contribution >= 0.6 is 11.6 Å². The third-order valence-corrected chi connectivity index (χ3v) is 9.28. The van der Waals surface area contributed by atoms with Crippen LogP contribution in [0, 0.1) is 5.82 Å². The zero-order valence-electron chi connectivity index (χ0n) is 23.9. The highest BCUT2D eigenvalue weighted by atomic mass is 35.5. The van der Waals surface area contributed by atoms with Gasteiger partial charge in [-0.1, -0.05) is 48.5 Å². The van der Waals surface area contributed by atoms with Gasteiger partial charge < -0.3 is 24.2 Å². The second kappa shape index (κ2) is 11.0. The molecule has 0 bridgehead atoms. The maximum absolute atomic E-state index is 16.6. The van der Waals surface area contributed by atoms with Gasteiger partial charge in [-0.25, -0.2) is 4.39 Å². The first-order valence-corrected chi connectivity index (χ1v) is 14.9. The van der Waals surface area contributed by atoms with Crippen LogP contribution in [0.1, 0.15) is 12.8 Å². The molecule has 0 unspecified atom stereocenters. The van der Waals surface area contributed by atoms with Crippen molar-refractivity contribution in [3.05, 3.63) is 66.1 Å². The van der Waals surface area contributed by atoms with Crippen molar-refractivity contribution in [3.8, 4) is 17.3 Å². The van der Waals surface area contributed by atoms with Crippen molar-refractivity contribution in [2.75, 3.05) is 57.9 Å². The lowest BCUT2D eigenvalue weighted by atomic mass is 9.91. The van der Waals surface area contributed by atoms with Gasteiger partial charge in [0.05, 0.1) is 18.6 Å². The molecule has 2 aromatic heterocycles. The van der Waals surface area contributed by atoms with E-state index in [0.717, 1.165) is 30.2 Å². The van der Waals surface area contributed by atoms with Crippen molar-refractivity contribution in [3.63, 3.8) is 0 Å². The van der Waals surface area contributed by atoms with Crippen LogP contribution in [0.15, 0.2) is 55.3 Å². The van der Waals surface area contributed by atoms with Gasteiger partial charge in [-0.15, -0.1) is 0 Å². The van der Waals surface area contributed by atoms with Crippen molar-refractivity contribution < 1.29 is 18.7 Å². The van der Waals surface area contributed by atoms with Gasteiger partial charge in [0, 0.05) is 47.8 Å². The van der Waals surface area contributed by atoms with Gasteiger partial charge in [0.2, 0.25) is 5.91 Å². The average molecular weight is 603 g/mol. The number of piperazine rings is 1. The minimum absolute atomic E-state index is 0.110. The van der Waals surface area contributed by atoms with Gasteiger partial charge in [-0.2, -0.15) is 9.97 Å². The molecule has 3 saturated heterocycles. The molecule has 4 aromatic rings. The second-order valence-electron chi connectivity index (χ2n) is 11.6. The molecule has 5 heterocycles. The number of amides is 1. The number of pyridine rings is 1. The molecule has 11 heteroatoms. The summed E-state index contributed by atoms with van der Waals surface area (Å²) in [7, 11) is 2.07. The van der Waals surface area contributed by atoms with Crippen molar-refractivity contribution in [2.24, 2.45) is 0 Å². The lowest BCUT2D eigenvalue weighted by Crippen LogP contribution is -2.72. The Morgan fingerprint density at radius 2 is 2.02 bits per heavy atom. The molecule has 9 nitrogen and oxygen atoms in total. The summed E-state index contributed by atoms with van der Waals surface area (Å²) in [5.41, 5.74) is 0.347. The lowest BCUT2D eigenvalue weighted by molar-refractivity contribution is -0.164. The van der Waals surface area contributed by atoms with E-state index in [9.17, 15) is 4.79 Å². The monoisotopic (exact) mass is 602 g/mol. The normalized spacial score (nSPS) is 20.1. The molecule has 1 amide bonds. The van der Waals surface area contributed by atoms with Crippen molar-refractivity contribution in [2.45, 2.75) is 24.4 Å². The molecule has 1 spiro atoms. The number of likely N-dealkylation sites (tertiary alicyclic amines) is 1. The van der Waals surface area contributed by atoms with Gasteiger partial charge in [0.25, 0.3) is 0 Å². The highest BCUT2D eigenvalue weighted by Crippen LogP contribution is 2.39. The lowest BCUT2D eigenvalue weighted by Gasteiger charge is -2.55. The Kier molecular flexibility index (Phi) is 7.15. The van der Waals surface area contributed by atoms with Gasteiger partial charge in [-0.05, 0) is 44.0 Å². The van der Waals surface area contributed by atoms with E-state index in [-0.39, 0.29) is 29.2 Å². The fraction of sp³-hybridized carbons (Fsp3) is 0.375. The van der Waals surface area contributed by atoms with Crippen molar-refractivity contribution in [1.82, 2.24) is 24.8 Å². The van der Waals surface area contributed by atoms with E-state index >= 15 is 4.39 Å². The highest BCUT2D eigenvalue weighted by molar-refractivity contribution is 6.36. The van der Waals surface area contributed by atoms with Crippen molar-refractivity contribution >= 4 is 45.0 Å². The quantitative estimate of drug-likeness (QED) is 0.293. The van der Waals surface area contributed by atoms with Gasteiger partial charge in [0.1, 0.15) is 29.2 Å². The molecule has 3 aliphatic rings. The SMILES string of the molecule is C=CC(=O)N1CCN(c2nc(OC[C@@H]3CCCN3C)nc3c(F)c(-c4cccc5cccc(Cl)c45)ncc23)CC12COC2. The first-order valence-electron chi connectivity index (χ1n) is 14.5. The Hall–Kier alpha value is -3.86. The molecule has 7 rings (SSSR count). The molecular weight excluding hydrogens is 571 g/mol. The Labute approximate surface area is 253 Å². The molecule has 0 radical (unpaired) electrons. The zero-order valence-corrected chi connectivity index (χ0v) is 24.7. The number of carbonyl (C=O) groups excluding carboxylic acids is 1. The number of carbonyl (C=O) groups is 1. The number of halogens is 2. The minimum atomic E-state index is -0.571. The summed E-state index contributed by atoms with van der Waals surface area (Å²) < 4.78 is 28.4. The predicted octanol–water partition coefficient (Wildman–Crippen LogP) is 4.71. The number of rotatable bonds is 6. The fourth-order valence-corrected chi connectivity index (χ4v) is 6.85. The van der Waals surface area contributed by atoms with Crippen LogP contribution in [0.2, 0.25) is 5.02 Å². The molecule has 0 saturated carbocycles. The predicted molar refractivity (Wildman–Crippen MR) is 164 cm³/mol. The summed E-state index contributed by atoms with van der Waals surface area (Å²) in [5, 5.41) is 2.60. The van der Waals surface area contributed by atoms with Crippen LogP contribution in [0.4, 0.5) is 10.2 Å². The Balaban J connectivity index is 1.34. The largest absolute Gasteiger partial charge is 0.462 e. The third-order valence-electron chi connectivity index (χ3n) is 8.96. The van der Waals surface area contributed by atoms with E-state index in [1.165, 1.54) is 6.08 Å². The standard InChI is InChI=1S/C32H32ClFN6O3/c1-3-25(41)40-14-13-39(17-32(40)18-42-19-32)30-23-15-35-28(22-10-4-7-20-8-5-11-24(33)26(20)22)27(34)29(23)36-31(37-30)43-16-21-9-6-12-38(21)2/h3-5,7-8,10-11,15,21H,1,6,9,12-14,16-19H2,2H3/t21-/m0/s1. The minimum Gasteiger partial charge on any atom is -0.462 e. The number of hydrogen-bond acceptors (Lipinski definition) is 8. The molecular formula is C32H32ClFN6O3. The number of aromatic nitrogens is 3. The molecule has 222 valence electrons. The number of benzene rings is 2. The number of likely N-dealkylation sites (N-methyl/N-ethyl adjacent to an activating group) is 1. The second-order valence-corrected chi connectivity index (χ2v) is 12.0. The topological polar surface area (TPSA) is 83.9 Å². The number of fused-ring (bicyclic) bond motifs is 2. The molecule has 0 N–H and O–H groups in total. The van der Waals surface area contributed by atoms with Gasteiger partial charge in [0.15, 0.2) is 5.82 Å². The Morgan fingerprint density at radius 1 is 1.21 bits per heavy atom. The zero-order chi connectivity index (χ0) is 29.7. The summed E-state index contributed by atoms with van der Waals surface area (Å²) in [4.78, 5) is 32.8. The summed E-state index contributed by atoms with van der Waals surface area (Å²) >= 11 is 6.59. The van der Waals surface area contributed by atoms with Crippen LogP contribution in [0.5, 0.6) is 6.01 Å². The fourth-order valence-electron chi connectivity index (χ4n) is 6.57. The third kappa shape index (κ3) is 4.77. The first kappa shape index (κ1) is 27.9. The number of nitrogens with zero attached hydrogens (tertiary/aromatic N) is 6. The number of anilines is 1. The van der Waals surface area contributed by atoms with E-state index in [1.54, 1.807) is 12.3 Å². The van der Waals surface area contributed by atoms with Crippen LogP contribution in [-0.4, -0.2) is 95.3 Å². The van der Waals surface area contributed by atoms with Crippen LogP contribution in [0.3, 0.4) is 0 Å². The van der Waals surface area contributed by atoms with Crippen LogP contribution in [0.25, 0.3) is 32.9 Å². The Bertz CT molecular complexity index is 1740. The van der Waals surface area contributed by atoms with E-state index in [1.807, 2.05) is 35.2 Å².